The summed E-state index contributed by atoms with van der Waals surface area (Å²) in [5.41, 5.74) is -0.537. The number of cyclic esters (lactones) is 1. The minimum Gasteiger partial charge on any atom is -0.462 e. The molecule has 10 heteroatoms. The molecule has 142 valence electrons. The van der Waals surface area contributed by atoms with Crippen molar-refractivity contribution in [2.45, 2.75) is 50.2 Å². The standard InChI is InChI=1S/C16H20ClN3O4S2/c1-2-3-11-10-16(14(21)24-11)4-6-19(7-5-16)26(22,23)13-12(17)18-15-20(13)8-9-25-15/h8-9,11H,2-7,10H2,1H3. The molecule has 0 amide bonds. The van der Waals surface area contributed by atoms with Gasteiger partial charge in [0, 0.05) is 31.1 Å². The number of fused-ring (bicyclic) bond motifs is 1. The average molecular weight is 418 g/mol. The van der Waals surface area contributed by atoms with Gasteiger partial charge in [-0.25, -0.2) is 13.4 Å². The van der Waals surface area contributed by atoms with Crippen molar-refractivity contribution in [1.29, 1.82) is 0 Å². The maximum Gasteiger partial charge on any atom is 0.312 e. The molecule has 0 saturated carbocycles. The number of carbonyl (C=O) groups is 1. The number of halogens is 1. The van der Waals surface area contributed by atoms with Crippen LogP contribution in [0.25, 0.3) is 4.96 Å². The van der Waals surface area contributed by atoms with Gasteiger partial charge in [0.05, 0.1) is 5.41 Å². The zero-order valence-corrected chi connectivity index (χ0v) is 16.7. The lowest BCUT2D eigenvalue weighted by molar-refractivity contribution is -0.150. The van der Waals surface area contributed by atoms with Crippen LogP contribution in [0.15, 0.2) is 16.6 Å². The van der Waals surface area contributed by atoms with E-state index in [4.69, 9.17) is 16.3 Å². The molecule has 2 fully saturated rings. The maximum atomic E-state index is 13.1. The van der Waals surface area contributed by atoms with Gasteiger partial charge in [0.25, 0.3) is 10.0 Å². The molecule has 4 rings (SSSR count). The molecule has 0 aliphatic carbocycles. The second kappa shape index (κ2) is 6.47. The van der Waals surface area contributed by atoms with Gasteiger partial charge in [-0.3, -0.25) is 9.20 Å². The van der Waals surface area contributed by atoms with Gasteiger partial charge in [0.15, 0.2) is 15.1 Å². The Kier molecular flexibility index (Phi) is 4.53. The van der Waals surface area contributed by atoms with E-state index < -0.39 is 15.4 Å². The van der Waals surface area contributed by atoms with E-state index in [-0.39, 0.29) is 35.3 Å². The molecule has 2 aromatic heterocycles. The fourth-order valence-corrected chi connectivity index (χ4v) is 6.82. The van der Waals surface area contributed by atoms with Gasteiger partial charge in [-0.2, -0.15) is 4.31 Å². The highest BCUT2D eigenvalue weighted by Gasteiger charge is 2.51. The number of imidazole rings is 1. The fraction of sp³-hybridized carbons (Fsp3) is 0.625. The number of ether oxygens (including phenoxy) is 1. The van der Waals surface area contributed by atoms with Gasteiger partial charge in [0.2, 0.25) is 0 Å². The van der Waals surface area contributed by atoms with E-state index >= 15 is 0 Å². The summed E-state index contributed by atoms with van der Waals surface area (Å²) in [6.45, 7) is 2.63. The molecule has 2 aromatic rings. The van der Waals surface area contributed by atoms with Crippen LogP contribution in [0.1, 0.15) is 39.0 Å². The second-order valence-electron chi connectivity index (χ2n) is 6.97. The molecular weight excluding hydrogens is 398 g/mol. The summed E-state index contributed by atoms with van der Waals surface area (Å²) in [4.78, 5) is 17.1. The minimum atomic E-state index is -3.78. The van der Waals surface area contributed by atoms with E-state index in [0.717, 1.165) is 12.8 Å². The molecule has 26 heavy (non-hydrogen) atoms. The van der Waals surface area contributed by atoms with Crippen LogP contribution in [-0.4, -0.2) is 47.3 Å². The Morgan fingerprint density at radius 3 is 2.85 bits per heavy atom. The van der Waals surface area contributed by atoms with Crippen LogP contribution in [0.2, 0.25) is 5.15 Å². The molecule has 1 spiro atoms. The summed E-state index contributed by atoms with van der Waals surface area (Å²) in [7, 11) is -3.78. The molecule has 2 aliphatic rings. The number of sulfonamides is 1. The normalized spacial score (nSPS) is 23.8. The van der Waals surface area contributed by atoms with E-state index in [1.807, 2.05) is 0 Å². The van der Waals surface area contributed by atoms with Crippen molar-refractivity contribution in [2.24, 2.45) is 5.41 Å². The third kappa shape index (κ3) is 2.76. The third-order valence-electron chi connectivity index (χ3n) is 5.38. The Labute approximate surface area is 161 Å². The summed E-state index contributed by atoms with van der Waals surface area (Å²) in [6, 6.07) is 0. The number of esters is 1. The highest BCUT2D eigenvalue weighted by molar-refractivity contribution is 7.89. The molecule has 2 saturated heterocycles. The summed E-state index contributed by atoms with van der Waals surface area (Å²) >= 11 is 7.43. The SMILES string of the molecule is CCCC1CC2(CCN(S(=O)(=O)c3c(Cl)nc4sccn34)CC2)C(=O)O1. The van der Waals surface area contributed by atoms with Crippen LogP contribution in [0.4, 0.5) is 0 Å². The quantitative estimate of drug-likeness (QED) is 0.714. The summed E-state index contributed by atoms with van der Waals surface area (Å²) in [5.74, 6) is -0.171. The van der Waals surface area contributed by atoms with Crippen LogP contribution >= 0.6 is 22.9 Å². The van der Waals surface area contributed by atoms with Crippen molar-refractivity contribution in [1.82, 2.24) is 13.7 Å². The summed E-state index contributed by atoms with van der Waals surface area (Å²) < 4.78 is 34.6. The number of rotatable bonds is 4. The number of nitrogens with zero attached hydrogens (tertiary/aromatic N) is 3. The van der Waals surface area contributed by atoms with E-state index in [9.17, 15) is 13.2 Å². The van der Waals surface area contributed by atoms with Gasteiger partial charge in [-0.05, 0) is 19.3 Å². The van der Waals surface area contributed by atoms with E-state index in [0.29, 0.717) is 24.2 Å². The van der Waals surface area contributed by atoms with Crippen LogP contribution in [0.3, 0.4) is 0 Å². The number of thiazole rings is 1. The molecular formula is C16H20ClN3O4S2. The van der Waals surface area contributed by atoms with Crippen LogP contribution in [0.5, 0.6) is 0 Å². The number of carbonyl (C=O) groups excluding carboxylic acids is 1. The van der Waals surface area contributed by atoms with Crippen LogP contribution in [-0.2, 0) is 19.6 Å². The zero-order valence-electron chi connectivity index (χ0n) is 14.4. The number of hydrogen-bond donors (Lipinski definition) is 0. The maximum absolute atomic E-state index is 13.1. The van der Waals surface area contributed by atoms with Crippen molar-refractivity contribution in [2.75, 3.05) is 13.1 Å². The fourth-order valence-electron chi connectivity index (χ4n) is 3.97. The molecule has 1 unspecified atom stereocenters. The first kappa shape index (κ1) is 18.2. The molecule has 4 heterocycles. The minimum absolute atomic E-state index is 0.00391. The molecule has 0 N–H and O–H groups in total. The van der Waals surface area contributed by atoms with Crippen molar-refractivity contribution in [3.8, 4) is 0 Å². The van der Waals surface area contributed by atoms with E-state index in [1.165, 1.54) is 20.0 Å². The van der Waals surface area contributed by atoms with Gasteiger partial charge >= 0.3 is 5.97 Å². The molecule has 0 aromatic carbocycles. The van der Waals surface area contributed by atoms with E-state index in [1.54, 1.807) is 11.6 Å². The Balaban J connectivity index is 1.55. The molecule has 7 nitrogen and oxygen atoms in total. The lowest BCUT2D eigenvalue weighted by Gasteiger charge is -2.35. The summed E-state index contributed by atoms with van der Waals surface area (Å²) in [5, 5.41) is 1.76. The topological polar surface area (TPSA) is 81.0 Å². The van der Waals surface area contributed by atoms with E-state index in [2.05, 4.69) is 11.9 Å². The van der Waals surface area contributed by atoms with Gasteiger partial charge in [-0.1, -0.05) is 24.9 Å². The Hall–Kier alpha value is -1.16. The monoisotopic (exact) mass is 417 g/mol. The number of piperidine rings is 1. The van der Waals surface area contributed by atoms with Crippen molar-refractivity contribution >= 4 is 43.9 Å². The van der Waals surface area contributed by atoms with Crippen molar-refractivity contribution < 1.29 is 17.9 Å². The van der Waals surface area contributed by atoms with Gasteiger partial charge < -0.3 is 4.74 Å². The third-order valence-corrected chi connectivity index (χ3v) is 8.43. The van der Waals surface area contributed by atoms with Crippen LogP contribution in [0, 0.1) is 5.41 Å². The lowest BCUT2D eigenvalue weighted by Crippen LogP contribution is -2.45. The highest BCUT2D eigenvalue weighted by Crippen LogP contribution is 2.45. The van der Waals surface area contributed by atoms with Crippen LogP contribution < -0.4 is 0 Å². The van der Waals surface area contributed by atoms with Crippen molar-refractivity contribution in [3.05, 3.63) is 16.7 Å². The number of hydrogen-bond acceptors (Lipinski definition) is 6. The summed E-state index contributed by atoms with van der Waals surface area (Å²) in [6.07, 6.45) is 5.09. The Morgan fingerprint density at radius 1 is 1.42 bits per heavy atom. The molecule has 2 aliphatic heterocycles. The molecule has 0 radical (unpaired) electrons. The lowest BCUT2D eigenvalue weighted by atomic mass is 9.76. The zero-order chi connectivity index (χ0) is 18.5. The predicted octanol–water partition coefficient (Wildman–Crippen LogP) is 2.94. The second-order valence-corrected chi connectivity index (χ2v) is 10.1. The smallest absolute Gasteiger partial charge is 0.312 e. The predicted molar refractivity (Wildman–Crippen MR) is 97.9 cm³/mol. The Morgan fingerprint density at radius 2 is 2.15 bits per heavy atom. The first-order valence-electron chi connectivity index (χ1n) is 8.70. The molecule has 0 bridgehead atoms. The van der Waals surface area contributed by atoms with Gasteiger partial charge in [0.1, 0.15) is 6.10 Å². The first-order chi connectivity index (χ1) is 12.4. The first-order valence-corrected chi connectivity index (χ1v) is 11.4. The Bertz CT molecular complexity index is 944. The number of aromatic nitrogens is 2. The van der Waals surface area contributed by atoms with Crippen molar-refractivity contribution in [3.63, 3.8) is 0 Å². The van der Waals surface area contributed by atoms with Gasteiger partial charge in [-0.15, -0.1) is 11.3 Å². The average Bonchev–Trinajstić information content (AvgIpc) is 3.22. The largest absolute Gasteiger partial charge is 0.462 e. The molecule has 1 atom stereocenters. The highest BCUT2D eigenvalue weighted by atomic mass is 35.5.